The fourth-order valence-corrected chi connectivity index (χ4v) is 2.00. The maximum Gasteiger partial charge on any atom is 0.122 e. The molecule has 2 heteroatoms. The number of fused-ring (bicyclic) bond motifs is 1. The number of benzene rings is 1. The van der Waals surface area contributed by atoms with Crippen LogP contribution in [0, 0.1) is 6.92 Å². The summed E-state index contributed by atoms with van der Waals surface area (Å²) in [6.45, 7) is 2.06. The minimum atomic E-state index is 0.236. The third-order valence-corrected chi connectivity index (χ3v) is 2.78. The minimum Gasteiger partial charge on any atom is -0.496 e. The monoisotopic (exact) mass is 177 g/mol. The first-order chi connectivity index (χ1) is 6.22. The van der Waals surface area contributed by atoms with Crippen LogP contribution < -0.4 is 10.5 Å². The van der Waals surface area contributed by atoms with Gasteiger partial charge in [-0.25, -0.2) is 0 Å². The van der Waals surface area contributed by atoms with Crippen molar-refractivity contribution in [3.8, 4) is 5.75 Å². The van der Waals surface area contributed by atoms with Crippen molar-refractivity contribution >= 4 is 0 Å². The molecule has 0 bridgehead atoms. The largest absolute Gasteiger partial charge is 0.496 e. The lowest BCUT2D eigenvalue weighted by atomic mass is 10.0. The topological polar surface area (TPSA) is 35.2 Å². The molecule has 2 rings (SSSR count). The Morgan fingerprint density at radius 3 is 2.92 bits per heavy atom. The number of hydrogen-bond acceptors (Lipinski definition) is 2. The van der Waals surface area contributed by atoms with Gasteiger partial charge in [0.15, 0.2) is 0 Å². The predicted molar refractivity (Wildman–Crippen MR) is 53.0 cm³/mol. The zero-order valence-electron chi connectivity index (χ0n) is 8.13. The van der Waals surface area contributed by atoms with Crippen molar-refractivity contribution < 1.29 is 4.74 Å². The summed E-state index contributed by atoms with van der Waals surface area (Å²) in [5, 5.41) is 0. The van der Waals surface area contributed by atoms with Crippen molar-refractivity contribution in [3.05, 3.63) is 28.8 Å². The Bertz CT molecular complexity index is 333. The van der Waals surface area contributed by atoms with E-state index in [1.807, 2.05) is 0 Å². The molecule has 1 aliphatic rings. The third kappa shape index (κ3) is 1.31. The molecular weight excluding hydrogens is 162 g/mol. The lowest BCUT2D eigenvalue weighted by molar-refractivity contribution is 0.411. The SMILES string of the molecule is COc1cc2c(cc1C)[C@H](N)CC2. The molecular formula is C11H15NO. The van der Waals surface area contributed by atoms with Crippen molar-refractivity contribution in [2.45, 2.75) is 25.8 Å². The molecule has 2 N–H and O–H groups in total. The molecule has 0 aromatic heterocycles. The quantitative estimate of drug-likeness (QED) is 0.711. The minimum absolute atomic E-state index is 0.236. The van der Waals surface area contributed by atoms with Crippen LogP contribution in [0.25, 0.3) is 0 Å². The molecule has 0 fully saturated rings. The maximum atomic E-state index is 5.97. The Hall–Kier alpha value is -1.02. The normalized spacial score (nSPS) is 20.1. The van der Waals surface area contributed by atoms with Gasteiger partial charge in [-0.2, -0.15) is 0 Å². The summed E-state index contributed by atoms with van der Waals surface area (Å²) in [5.74, 6) is 0.979. The van der Waals surface area contributed by atoms with Gasteiger partial charge in [-0.1, -0.05) is 6.07 Å². The van der Waals surface area contributed by atoms with Crippen LogP contribution in [0.1, 0.15) is 29.2 Å². The van der Waals surface area contributed by atoms with Gasteiger partial charge in [0.2, 0.25) is 0 Å². The molecule has 1 aliphatic carbocycles. The van der Waals surface area contributed by atoms with E-state index in [4.69, 9.17) is 10.5 Å². The van der Waals surface area contributed by atoms with Crippen molar-refractivity contribution in [1.82, 2.24) is 0 Å². The fraction of sp³-hybridized carbons (Fsp3) is 0.455. The van der Waals surface area contributed by atoms with Crippen LogP contribution in [0.5, 0.6) is 5.75 Å². The van der Waals surface area contributed by atoms with Gasteiger partial charge in [0.1, 0.15) is 5.75 Å². The molecule has 0 saturated heterocycles. The molecule has 1 aromatic carbocycles. The summed E-state index contributed by atoms with van der Waals surface area (Å²) in [4.78, 5) is 0. The van der Waals surface area contributed by atoms with Crippen LogP contribution in [-0.4, -0.2) is 7.11 Å². The number of methoxy groups -OCH3 is 1. The van der Waals surface area contributed by atoms with Crippen LogP contribution >= 0.6 is 0 Å². The number of nitrogens with two attached hydrogens (primary N) is 1. The van der Waals surface area contributed by atoms with E-state index in [0.29, 0.717) is 0 Å². The van der Waals surface area contributed by atoms with E-state index in [-0.39, 0.29) is 6.04 Å². The number of rotatable bonds is 1. The van der Waals surface area contributed by atoms with Crippen LogP contribution in [-0.2, 0) is 6.42 Å². The number of ether oxygens (including phenoxy) is 1. The molecule has 0 amide bonds. The third-order valence-electron chi connectivity index (χ3n) is 2.78. The molecule has 1 aromatic rings. The maximum absolute atomic E-state index is 5.97. The highest BCUT2D eigenvalue weighted by atomic mass is 16.5. The molecule has 0 radical (unpaired) electrons. The van der Waals surface area contributed by atoms with Crippen molar-refractivity contribution in [3.63, 3.8) is 0 Å². The van der Waals surface area contributed by atoms with Gasteiger partial charge in [-0.3, -0.25) is 0 Å². The Kier molecular flexibility index (Phi) is 2.00. The van der Waals surface area contributed by atoms with Gasteiger partial charge in [-0.05, 0) is 42.5 Å². The molecule has 13 heavy (non-hydrogen) atoms. The molecule has 0 unspecified atom stereocenters. The molecule has 1 atom stereocenters. The Balaban J connectivity index is 2.50. The number of aryl methyl sites for hydroxylation is 2. The van der Waals surface area contributed by atoms with E-state index >= 15 is 0 Å². The summed E-state index contributed by atoms with van der Waals surface area (Å²) < 4.78 is 5.26. The second-order valence-corrected chi connectivity index (χ2v) is 3.67. The Morgan fingerprint density at radius 2 is 2.23 bits per heavy atom. The lowest BCUT2D eigenvalue weighted by Crippen LogP contribution is -2.05. The van der Waals surface area contributed by atoms with Gasteiger partial charge < -0.3 is 10.5 Å². The first-order valence-corrected chi connectivity index (χ1v) is 4.65. The standard InChI is InChI=1S/C11H15NO/c1-7-5-9-8(3-4-10(9)12)6-11(7)13-2/h5-6,10H,3-4,12H2,1-2H3/t10-/m1/s1. The fourth-order valence-electron chi connectivity index (χ4n) is 2.00. The number of hydrogen-bond donors (Lipinski definition) is 1. The van der Waals surface area contributed by atoms with Crippen molar-refractivity contribution in [2.24, 2.45) is 5.73 Å². The second-order valence-electron chi connectivity index (χ2n) is 3.67. The highest BCUT2D eigenvalue weighted by Crippen LogP contribution is 2.33. The van der Waals surface area contributed by atoms with Gasteiger partial charge in [-0.15, -0.1) is 0 Å². The van der Waals surface area contributed by atoms with Gasteiger partial charge in [0.25, 0.3) is 0 Å². The first-order valence-electron chi connectivity index (χ1n) is 4.65. The molecule has 0 spiro atoms. The van der Waals surface area contributed by atoms with Crippen LogP contribution in [0.2, 0.25) is 0 Å². The average molecular weight is 177 g/mol. The molecule has 0 saturated carbocycles. The highest BCUT2D eigenvalue weighted by molar-refractivity contribution is 5.45. The predicted octanol–water partition coefficient (Wildman–Crippen LogP) is 1.95. The Morgan fingerprint density at radius 1 is 1.46 bits per heavy atom. The van der Waals surface area contributed by atoms with Gasteiger partial charge in [0.05, 0.1) is 7.11 Å². The highest BCUT2D eigenvalue weighted by Gasteiger charge is 2.20. The molecule has 2 nitrogen and oxygen atoms in total. The summed E-state index contributed by atoms with van der Waals surface area (Å²) in [6.07, 6.45) is 2.16. The molecule has 70 valence electrons. The van der Waals surface area contributed by atoms with E-state index in [9.17, 15) is 0 Å². The van der Waals surface area contributed by atoms with Crippen LogP contribution in [0.3, 0.4) is 0 Å². The summed E-state index contributed by atoms with van der Waals surface area (Å²) in [5.41, 5.74) is 9.81. The summed E-state index contributed by atoms with van der Waals surface area (Å²) in [6, 6.07) is 4.52. The van der Waals surface area contributed by atoms with Crippen LogP contribution in [0.4, 0.5) is 0 Å². The summed E-state index contributed by atoms with van der Waals surface area (Å²) >= 11 is 0. The van der Waals surface area contributed by atoms with E-state index < -0.39 is 0 Å². The van der Waals surface area contributed by atoms with Crippen molar-refractivity contribution in [2.75, 3.05) is 7.11 Å². The smallest absolute Gasteiger partial charge is 0.122 e. The lowest BCUT2D eigenvalue weighted by Gasteiger charge is -2.09. The van der Waals surface area contributed by atoms with Gasteiger partial charge in [0, 0.05) is 6.04 Å². The average Bonchev–Trinajstić information content (AvgIpc) is 2.47. The molecule has 0 aliphatic heterocycles. The Labute approximate surface area is 78.7 Å². The molecule has 0 heterocycles. The zero-order chi connectivity index (χ0) is 9.42. The first kappa shape index (κ1) is 8.57. The van der Waals surface area contributed by atoms with E-state index in [1.165, 1.54) is 16.7 Å². The van der Waals surface area contributed by atoms with Crippen molar-refractivity contribution in [1.29, 1.82) is 0 Å². The second kappa shape index (κ2) is 3.04. The van der Waals surface area contributed by atoms with E-state index in [2.05, 4.69) is 19.1 Å². The van der Waals surface area contributed by atoms with E-state index in [1.54, 1.807) is 7.11 Å². The van der Waals surface area contributed by atoms with E-state index in [0.717, 1.165) is 18.6 Å². The summed E-state index contributed by atoms with van der Waals surface area (Å²) in [7, 11) is 1.71. The zero-order valence-corrected chi connectivity index (χ0v) is 8.13. The van der Waals surface area contributed by atoms with Crippen LogP contribution in [0.15, 0.2) is 12.1 Å². The van der Waals surface area contributed by atoms with Gasteiger partial charge >= 0.3 is 0 Å².